The Kier molecular flexibility index (Phi) is 4.24. The van der Waals surface area contributed by atoms with Gasteiger partial charge in [0.2, 0.25) is 0 Å². The Morgan fingerprint density at radius 1 is 1.67 bits per heavy atom. The molecule has 1 saturated heterocycles. The van der Waals surface area contributed by atoms with E-state index in [2.05, 4.69) is 15.5 Å². The van der Waals surface area contributed by atoms with Gasteiger partial charge in [0.15, 0.2) is 0 Å². The molecule has 5 nitrogen and oxygen atoms in total. The van der Waals surface area contributed by atoms with Crippen LogP contribution in [0.2, 0.25) is 0 Å². The molecule has 1 aliphatic heterocycles. The van der Waals surface area contributed by atoms with Crippen molar-refractivity contribution in [1.29, 1.82) is 0 Å². The SMILES string of the molecule is O=C(NC[C@H]1CCCOC1)c1cc(C(F)F)[nH]n1. The van der Waals surface area contributed by atoms with Crippen LogP contribution >= 0.6 is 0 Å². The van der Waals surface area contributed by atoms with Crippen LogP contribution in [0.4, 0.5) is 8.78 Å². The summed E-state index contributed by atoms with van der Waals surface area (Å²) < 4.78 is 29.9. The minimum atomic E-state index is -2.65. The molecule has 1 aromatic heterocycles. The minimum Gasteiger partial charge on any atom is -0.381 e. The maximum atomic E-state index is 12.3. The molecule has 0 bridgehead atoms. The van der Waals surface area contributed by atoms with Crippen molar-refractivity contribution in [3.8, 4) is 0 Å². The van der Waals surface area contributed by atoms with Gasteiger partial charge in [-0.15, -0.1) is 0 Å². The lowest BCUT2D eigenvalue weighted by Crippen LogP contribution is -2.33. The van der Waals surface area contributed by atoms with Crippen LogP contribution in [-0.2, 0) is 4.74 Å². The number of H-pyrrole nitrogens is 1. The molecule has 0 aromatic carbocycles. The van der Waals surface area contributed by atoms with Crippen molar-refractivity contribution in [1.82, 2.24) is 15.5 Å². The van der Waals surface area contributed by atoms with Crippen LogP contribution in [0.25, 0.3) is 0 Å². The zero-order valence-corrected chi connectivity index (χ0v) is 9.79. The molecule has 0 unspecified atom stereocenters. The summed E-state index contributed by atoms with van der Waals surface area (Å²) in [5, 5.41) is 8.37. The molecule has 2 rings (SSSR count). The summed E-state index contributed by atoms with van der Waals surface area (Å²) in [4.78, 5) is 11.6. The molecule has 2 N–H and O–H groups in total. The summed E-state index contributed by atoms with van der Waals surface area (Å²) in [6, 6.07) is 1.07. The van der Waals surface area contributed by atoms with Gasteiger partial charge in [-0.2, -0.15) is 5.10 Å². The molecule has 0 spiro atoms. The van der Waals surface area contributed by atoms with Gasteiger partial charge in [0, 0.05) is 13.2 Å². The average Bonchev–Trinajstić information content (AvgIpc) is 2.87. The summed E-state index contributed by atoms with van der Waals surface area (Å²) in [6.07, 6.45) is -0.660. The number of carbonyl (C=O) groups is 1. The maximum Gasteiger partial charge on any atom is 0.279 e. The van der Waals surface area contributed by atoms with Gasteiger partial charge in [0.1, 0.15) is 11.4 Å². The molecule has 100 valence electrons. The van der Waals surface area contributed by atoms with Crippen LogP contribution in [0.5, 0.6) is 0 Å². The van der Waals surface area contributed by atoms with Crippen molar-refractivity contribution in [2.75, 3.05) is 19.8 Å². The number of ether oxygens (including phenoxy) is 1. The predicted octanol–water partition coefficient (Wildman–Crippen LogP) is 1.50. The number of rotatable bonds is 4. The second-order valence-corrected chi connectivity index (χ2v) is 4.30. The van der Waals surface area contributed by atoms with Crippen LogP contribution in [-0.4, -0.2) is 35.9 Å². The largest absolute Gasteiger partial charge is 0.381 e. The number of halogens is 2. The number of nitrogens with zero attached hydrogens (tertiary/aromatic N) is 1. The van der Waals surface area contributed by atoms with Crippen LogP contribution in [0.3, 0.4) is 0 Å². The molecule has 2 heterocycles. The van der Waals surface area contributed by atoms with Gasteiger partial charge in [0.05, 0.1) is 6.61 Å². The van der Waals surface area contributed by atoms with E-state index >= 15 is 0 Å². The first-order valence-corrected chi connectivity index (χ1v) is 5.86. The lowest BCUT2D eigenvalue weighted by Gasteiger charge is -2.21. The third kappa shape index (κ3) is 3.25. The summed E-state index contributed by atoms with van der Waals surface area (Å²) in [5.41, 5.74) is -0.358. The molecule has 18 heavy (non-hydrogen) atoms. The summed E-state index contributed by atoms with van der Waals surface area (Å²) in [6.45, 7) is 1.88. The van der Waals surface area contributed by atoms with Gasteiger partial charge in [-0.05, 0) is 24.8 Å². The second-order valence-electron chi connectivity index (χ2n) is 4.30. The van der Waals surface area contributed by atoms with Crippen LogP contribution in [0.1, 0.15) is 35.4 Å². The van der Waals surface area contributed by atoms with E-state index in [1.54, 1.807) is 0 Å². The highest BCUT2D eigenvalue weighted by Crippen LogP contribution is 2.16. The normalized spacial score (nSPS) is 20.1. The second kappa shape index (κ2) is 5.90. The van der Waals surface area contributed by atoms with Crippen molar-refractivity contribution < 1.29 is 18.3 Å². The van der Waals surface area contributed by atoms with E-state index in [1.165, 1.54) is 0 Å². The highest BCUT2D eigenvalue weighted by atomic mass is 19.3. The fourth-order valence-electron chi connectivity index (χ4n) is 1.86. The van der Waals surface area contributed by atoms with Crippen molar-refractivity contribution in [2.45, 2.75) is 19.3 Å². The maximum absolute atomic E-state index is 12.3. The monoisotopic (exact) mass is 259 g/mol. The number of hydrogen-bond donors (Lipinski definition) is 2. The molecule has 0 saturated carbocycles. The summed E-state index contributed by atoms with van der Waals surface area (Å²) in [7, 11) is 0. The molecular formula is C11H15F2N3O2. The third-order valence-corrected chi connectivity index (χ3v) is 2.87. The highest BCUT2D eigenvalue weighted by molar-refractivity contribution is 5.92. The Balaban J connectivity index is 1.83. The van der Waals surface area contributed by atoms with E-state index in [9.17, 15) is 13.6 Å². The quantitative estimate of drug-likeness (QED) is 0.861. The Bertz CT molecular complexity index is 403. The van der Waals surface area contributed by atoms with Crippen molar-refractivity contribution in [3.63, 3.8) is 0 Å². The molecule has 1 atom stereocenters. The van der Waals surface area contributed by atoms with Crippen molar-refractivity contribution in [2.24, 2.45) is 5.92 Å². The third-order valence-electron chi connectivity index (χ3n) is 2.87. The first-order valence-electron chi connectivity index (χ1n) is 5.86. The molecule has 1 amide bonds. The fourth-order valence-corrected chi connectivity index (χ4v) is 1.86. The van der Waals surface area contributed by atoms with E-state index < -0.39 is 12.3 Å². The molecule has 1 fully saturated rings. The molecule has 0 radical (unpaired) electrons. The average molecular weight is 259 g/mol. The number of hydrogen-bond acceptors (Lipinski definition) is 3. The van der Waals surface area contributed by atoms with Gasteiger partial charge in [0.25, 0.3) is 12.3 Å². The van der Waals surface area contributed by atoms with Gasteiger partial charge in [-0.3, -0.25) is 9.89 Å². The van der Waals surface area contributed by atoms with E-state index in [1.807, 2.05) is 0 Å². The lowest BCUT2D eigenvalue weighted by atomic mass is 10.0. The molecule has 7 heteroatoms. The molecular weight excluding hydrogens is 244 g/mol. The number of amides is 1. The van der Waals surface area contributed by atoms with Crippen molar-refractivity contribution >= 4 is 5.91 Å². The number of aromatic amines is 1. The van der Waals surface area contributed by atoms with Crippen LogP contribution in [0, 0.1) is 5.92 Å². The van der Waals surface area contributed by atoms with Gasteiger partial charge in [-0.25, -0.2) is 8.78 Å². The highest BCUT2D eigenvalue weighted by Gasteiger charge is 2.18. The molecule has 1 aromatic rings. The van der Waals surface area contributed by atoms with Crippen LogP contribution in [0.15, 0.2) is 6.07 Å². The lowest BCUT2D eigenvalue weighted by molar-refractivity contribution is 0.0535. The van der Waals surface area contributed by atoms with Gasteiger partial charge < -0.3 is 10.1 Å². The number of alkyl halides is 2. The predicted molar refractivity (Wildman–Crippen MR) is 59.4 cm³/mol. The van der Waals surface area contributed by atoms with Gasteiger partial charge in [-0.1, -0.05) is 0 Å². The van der Waals surface area contributed by atoms with E-state index in [0.717, 1.165) is 25.5 Å². The Hall–Kier alpha value is -1.50. The Labute approximate surface area is 103 Å². The molecule has 0 aliphatic carbocycles. The smallest absolute Gasteiger partial charge is 0.279 e. The molecule has 1 aliphatic rings. The fraction of sp³-hybridized carbons (Fsp3) is 0.636. The zero-order chi connectivity index (χ0) is 13.0. The van der Waals surface area contributed by atoms with E-state index in [4.69, 9.17) is 4.74 Å². The number of carbonyl (C=O) groups excluding carboxylic acids is 1. The summed E-state index contributed by atoms with van der Waals surface area (Å²) in [5.74, 6) is -0.153. The number of aromatic nitrogens is 2. The minimum absolute atomic E-state index is 0.0120. The number of nitrogens with one attached hydrogen (secondary N) is 2. The Morgan fingerprint density at radius 2 is 2.50 bits per heavy atom. The van der Waals surface area contributed by atoms with Gasteiger partial charge >= 0.3 is 0 Å². The first-order chi connectivity index (χ1) is 8.66. The summed E-state index contributed by atoms with van der Waals surface area (Å²) >= 11 is 0. The zero-order valence-electron chi connectivity index (χ0n) is 9.79. The van der Waals surface area contributed by atoms with E-state index in [-0.39, 0.29) is 17.3 Å². The topological polar surface area (TPSA) is 67.0 Å². The standard InChI is InChI=1S/C11H15F2N3O2/c12-10(13)8-4-9(16-15-8)11(17)14-5-7-2-1-3-18-6-7/h4,7,10H,1-3,5-6H2,(H,14,17)(H,15,16)/t7-/m1/s1. The Morgan fingerprint density at radius 3 is 3.11 bits per heavy atom. The van der Waals surface area contributed by atoms with Crippen molar-refractivity contribution in [3.05, 3.63) is 17.5 Å². The van der Waals surface area contributed by atoms with E-state index in [0.29, 0.717) is 13.2 Å². The first kappa shape index (κ1) is 12.9. The van der Waals surface area contributed by atoms with Crippen LogP contribution < -0.4 is 5.32 Å².